The van der Waals surface area contributed by atoms with Gasteiger partial charge in [0, 0.05) is 0 Å². The standard InChI is InChI=1S/C6H15N.C6H6O/c1-3-4-5-6-7-2;7-6-4-2-1-3-5-6/h7H,3-6H2,1-2H3;1-5,7H. The van der Waals surface area contributed by atoms with Gasteiger partial charge in [0.2, 0.25) is 0 Å². The molecule has 0 saturated carbocycles. The fourth-order valence-corrected chi connectivity index (χ4v) is 0.980. The summed E-state index contributed by atoms with van der Waals surface area (Å²) < 4.78 is 0. The lowest BCUT2D eigenvalue weighted by Crippen LogP contribution is -2.06. The van der Waals surface area contributed by atoms with Gasteiger partial charge < -0.3 is 10.4 Å². The third-order valence-corrected chi connectivity index (χ3v) is 1.79. The van der Waals surface area contributed by atoms with E-state index in [1.54, 1.807) is 24.3 Å². The van der Waals surface area contributed by atoms with E-state index < -0.39 is 0 Å². The highest BCUT2D eigenvalue weighted by atomic mass is 16.3. The first-order valence-electron chi connectivity index (χ1n) is 5.19. The molecule has 1 rings (SSSR count). The number of hydrogen-bond donors (Lipinski definition) is 2. The van der Waals surface area contributed by atoms with Crippen molar-refractivity contribution in [3.05, 3.63) is 30.3 Å². The molecule has 2 N–H and O–H groups in total. The monoisotopic (exact) mass is 195 g/mol. The largest absolute Gasteiger partial charge is 0.508 e. The quantitative estimate of drug-likeness (QED) is 0.724. The molecule has 0 bridgehead atoms. The molecule has 2 heteroatoms. The zero-order valence-corrected chi connectivity index (χ0v) is 9.16. The molecule has 0 aliphatic carbocycles. The highest BCUT2D eigenvalue weighted by molar-refractivity contribution is 5.18. The molecule has 0 aliphatic heterocycles. The first-order valence-corrected chi connectivity index (χ1v) is 5.19. The van der Waals surface area contributed by atoms with E-state index in [0.717, 1.165) is 0 Å². The van der Waals surface area contributed by atoms with Gasteiger partial charge in [0.05, 0.1) is 0 Å². The van der Waals surface area contributed by atoms with Crippen LogP contribution in [0.25, 0.3) is 0 Å². The first-order chi connectivity index (χ1) is 6.81. The Labute approximate surface area is 87.0 Å². The maximum atomic E-state index is 8.63. The normalized spacial score (nSPS) is 9.00. The number of phenols is 1. The second kappa shape index (κ2) is 10.1. The predicted octanol–water partition coefficient (Wildman–Crippen LogP) is 2.79. The molecule has 0 spiro atoms. The van der Waals surface area contributed by atoms with Crippen molar-refractivity contribution in [2.24, 2.45) is 0 Å². The van der Waals surface area contributed by atoms with Crippen molar-refractivity contribution in [1.82, 2.24) is 5.32 Å². The van der Waals surface area contributed by atoms with Gasteiger partial charge in [-0.3, -0.25) is 0 Å². The first kappa shape index (κ1) is 13.0. The SMILES string of the molecule is CCCCCNC.Oc1ccccc1. The summed E-state index contributed by atoms with van der Waals surface area (Å²) in [7, 11) is 2.00. The van der Waals surface area contributed by atoms with Gasteiger partial charge in [-0.15, -0.1) is 0 Å². The molecule has 0 radical (unpaired) electrons. The summed E-state index contributed by atoms with van der Waals surface area (Å²) in [5.74, 6) is 0.322. The Kier molecular flexibility index (Phi) is 9.33. The van der Waals surface area contributed by atoms with Crippen molar-refractivity contribution in [1.29, 1.82) is 0 Å². The Bertz CT molecular complexity index is 195. The fourth-order valence-electron chi connectivity index (χ4n) is 0.980. The van der Waals surface area contributed by atoms with Crippen molar-refractivity contribution in [3.63, 3.8) is 0 Å². The molecule has 1 aromatic carbocycles. The Morgan fingerprint density at radius 3 is 2.14 bits per heavy atom. The summed E-state index contributed by atoms with van der Waals surface area (Å²) in [5, 5.41) is 11.7. The molecule has 0 fully saturated rings. The minimum atomic E-state index is 0.322. The van der Waals surface area contributed by atoms with Crippen LogP contribution in [0.5, 0.6) is 5.75 Å². The summed E-state index contributed by atoms with van der Waals surface area (Å²) in [6, 6.07) is 8.71. The molecule has 80 valence electrons. The molecule has 0 atom stereocenters. The molecule has 0 amide bonds. The number of nitrogens with one attached hydrogen (secondary N) is 1. The second-order valence-electron chi connectivity index (χ2n) is 3.15. The molecule has 0 unspecified atom stereocenters. The van der Waals surface area contributed by atoms with Crippen LogP contribution in [0.3, 0.4) is 0 Å². The van der Waals surface area contributed by atoms with Crippen molar-refractivity contribution < 1.29 is 5.11 Å². The topological polar surface area (TPSA) is 32.3 Å². The van der Waals surface area contributed by atoms with Crippen molar-refractivity contribution in [2.45, 2.75) is 26.2 Å². The van der Waals surface area contributed by atoms with Gasteiger partial charge in [0.15, 0.2) is 0 Å². The number of para-hydroxylation sites is 1. The Morgan fingerprint density at radius 2 is 1.79 bits per heavy atom. The van der Waals surface area contributed by atoms with E-state index in [9.17, 15) is 0 Å². The van der Waals surface area contributed by atoms with E-state index in [0.29, 0.717) is 5.75 Å². The molecule has 0 aliphatic rings. The van der Waals surface area contributed by atoms with Crippen LogP contribution < -0.4 is 5.32 Å². The molecular weight excluding hydrogens is 174 g/mol. The molecule has 0 aromatic heterocycles. The zero-order valence-electron chi connectivity index (χ0n) is 9.16. The van der Waals surface area contributed by atoms with Crippen LogP contribution in [0, 0.1) is 0 Å². The lowest BCUT2D eigenvalue weighted by Gasteiger charge is -1.93. The molecule has 1 aromatic rings. The molecule has 2 nitrogen and oxygen atoms in total. The number of unbranched alkanes of at least 4 members (excludes halogenated alkanes) is 2. The van der Waals surface area contributed by atoms with Gasteiger partial charge in [-0.25, -0.2) is 0 Å². The fraction of sp³-hybridized carbons (Fsp3) is 0.500. The third-order valence-electron chi connectivity index (χ3n) is 1.79. The van der Waals surface area contributed by atoms with Crippen LogP contribution >= 0.6 is 0 Å². The number of aromatic hydroxyl groups is 1. The van der Waals surface area contributed by atoms with Crippen LogP contribution in [0.2, 0.25) is 0 Å². The van der Waals surface area contributed by atoms with Gasteiger partial charge in [-0.1, -0.05) is 38.0 Å². The lowest BCUT2D eigenvalue weighted by atomic mass is 10.2. The van der Waals surface area contributed by atoms with E-state index in [1.165, 1.54) is 25.8 Å². The smallest absolute Gasteiger partial charge is 0.115 e. The third kappa shape index (κ3) is 9.07. The van der Waals surface area contributed by atoms with Crippen LogP contribution in [0.15, 0.2) is 30.3 Å². The second-order valence-corrected chi connectivity index (χ2v) is 3.15. The van der Waals surface area contributed by atoms with E-state index >= 15 is 0 Å². The molecule has 0 heterocycles. The Balaban J connectivity index is 0.000000241. The summed E-state index contributed by atoms with van der Waals surface area (Å²) in [5.41, 5.74) is 0. The zero-order chi connectivity index (χ0) is 10.6. The number of phenolic OH excluding ortho intramolecular Hbond substituents is 1. The highest BCUT2D eigenvalue weighted by Gasteiger charge is 1.78. The minimum absolute atomic E-state index is 0.322. The number of benzene rings is 1. The van der Waals surface area contributed by atoms with Gasteiger partial charge in [0.25, 0.3) is 0 Å². The average Bonchev–Trinajstić information content (AvgIpc) is 2.21. The maximum absolute atomic E-state index is 8.63. The van der Waals surface area contributed by atoms with Gasteiger partial charge >= 0.3 is 0 Å². The number of hydrogen-bond acceptors (Lipinski definition) is 2. The number of rotatable bonds is 4. The van der Waals surface area contributed by atoms with E-state index in [2.05, 4.69) is 12.2 Å². The predicted molar refractivity (Wildman–Crippen MR) is 61.6 cm³/mol. The summed E-state index contributed by atoms with van der Waals surface area (Å²) in [4.78, 5) is 0. The van der Waals surface area contributed by atoms with Crippen LogP contribution in [-0.4, -0.2) is 18.7 Å². The van der Waals surface area contributed by atoms with Gasteiger partial charge in [-0.05, 0) is 32.1 Å². The van der Waals surface area contributed by atoms with Crippen molar-refractivity contribution in [3.8, 4) is 5.75 Å². The van der Waals surface area contributed by atoms with Gasteiger partial charge in [-0.2, -0.15) is 0 Å². The Hall–Kier alpha value is -1.02. The lowest BCUT2D eigenvalue weighted by molar-refractivity contribution is 0.475. The molecule has 0 saturated heterocycles. The summed E-state index contributed by atoms with van der Waals surface area (Å²) >= 11 is 0. The van der Waals surface area contributed by atoms with Crippen LogP contribution in [-0.2, 0) is 0 Å². The minimum Gasteiger partial charge on any atom is -0.508 e. The highest BCUT2D eigenvalue weighted by Crippen LogP contribution is 2.02. The molecular formula is C12H21NO. The Morgan fingerprint density at radius 1 is 1.14 bits per heavy atom. The van der Waals surface area contributed by atoms with E-state index in [-0.39, 0.29) is 0 Å². The van der Waals surface area contributed by atoms with Gasteiger partial charge in [0.1, 0.15) is 5.75 Å². The average molecular weight is 195 g/mol. The van der Waals surface area contributed by atoms with Crippen LogP contribution in [0.1, 0.15) is 26.2 Å². The maximum Gasteiger partial charge on any atom is 0.115 e. The van der Waals surface area contributed by atoms with Crippen LogP contribution in [0.4, 0.5) is 0 Å². The van der Waals surface area contributed by atoms with E-state index in [4.69, 9.17) is 5.11 Å². The van der Waals surface area contributed by atoms with Crippen molar-refractivity contribution >= 4 is 0 Å². The van der Waals surface area contributed by atoms with Crippen molar-refractivity contribution in [2.75, 3.05) is 13.6 Å². The molecule has 14 heavy (non-hydrogen) atoms. The van der Waals surface area contributed by atoms with E-state index in [1.807, 2.05) is 13.1 Å². The summed E-state index contributed by atoms with van der Waals surface area (Å²) in [6.45, 7) is 3.39. The summed E-state index contributed by atoms with van der Waals surface area (Å²) in [6.07, 6.45) is 4.01.